The van der Waals surface area contributed by atoms with Gasteiger partial charge in [0.15, 0.2) is 4.67 Å². The van der Waals surface area contributed by atoms with Crippen molar-refractivity contribution >= 4 is 22.0 Å². The Balaban J connectivity index is 2.67. The molecule has 0 aromatic carbocycles. The molecule has 1 unspecified atom stereocenters. The standard InChI is InChI=1S/C17H29BrN2O3/c1-7-17(8-2,20-15(21)23-16(4,5)6)11-19-12(3)13-9-10-14(18)22-13/h9-10,12,19H,7-8,11H2,1-6H3,(H,20,21). The minimum atomic E-state index is -0.502. The van der Waals surface area contributed by atoms with Gasteiger partial charge in [0.25, 0.3) is 0 Å². The monoisotopic (exact) mass is 388 g/mol. The minimum Gasteiger partial charge on any atom is -0.453 e. The number of hydrogen-bond donors (Lipinski definition) is 2. The SMILES string of the molecule is CCC(CC)(CNC(C)c1ccc(Br)o1)NC(=O)OC(C)(C)C. The maximum Gasteiger partial charge on any atom is 0.408 e. The van der Waals surface area contributed by atoms with E-state index in [1.807, 2.05) is 39.8 Å². The van der Waals surface area contributed by atoms with E-state index in [2.05, 4.69) is 40.4 Å². The summed E-state index contributed by atoms with van der Waals surface area (Å²) in [5.74, 6) is 0.857. The second-order valence-electron chi connectivity index (χ2n) is 6.86. The van der Waals surface area contributed by atoms with Gasteiger partial charge in [0.1, 0.15) is 11.4 Å². The van der Waals surface area contributed by atoms with E-state index in [9.17, 15) is 4.79 Å². The molecule has 2 N–H and O–H groups in total. The Bertz CT molecular complexity index is 504. The molecule has 1 atom stereocenters. The summed E-state index contributed by atoms with van der Waals surface area (Å²) in [7, 11) is 0. The van der Waals surface area contributed by atoms with Crippen LogP contribution < -0.4 is 10.6 Å². The van der Waals surface area contributed by atoms with Crippen LogP contribution in [0.25, 0.3) is 0 Å². The maximum absolute atomic E-state index is 12.1. The van der Waals surface area contributed by atoms with E-state index >= 15 is 0 Å². The lowest BCUT2D eigenvalue weighted by molar-refractivity contribution is 0.0444. The van der Waals surface area contributed by atoms with Crippen LogP contribution >= 0.6 is 15.9 Å². The molecule has 0 spiro atoms. The third kappa shape index (κ3) is 6.55. The largest absolute Gasteiger partial charge is 0.453 e. The highest BCUT2D eigenvalue weighted by Gasteiger charge is 2.31. The van der Waals surface area contributed by atoms with Crippen LogP contribution in [0.1, 0.15) is 66.2 Å². The quantitative estimate of drug-likeness (QED) is 0.705. The van der Waals surface area contributed by atoms with Gasteiger partial charge < -0.3 is 19.8 Å². The molecule has 0 aliphatic rings. The van der Waals surface area contributed by atoms with E-state index < -0.39 is 5.60 Å². The Morgan fingerprint density at radius 2 is 1.91 bits per heavy atom. The van der Waals surface area contributed by atoms with Crippen molar-refractivity contribution in [2.24, 2.45) is 0 Å². The van der Waals surface area contributed by atoms with Crippen molar-refractivity contribution in [2.75, 3.05) is 6.54 Å². The molecular weight excluding hydrogens is 360 g/mol. The number of rotatable bonds is 7. The Morgan fingerprint density at radius 3 is 2.35 bits per heavy atom. The van der Waals surface area contributed by atoms with Crippen molar-refractivity contribution < 1.29 is 13.9 Å². The van der Waals surface area contributed by atoms with Gasteiger partial charge in [-0.15, -0.1) is 0 Å². The van der Waals surface area contributed by atoms with E-state index in [-0.39, 0.29) is 17.7 Å². The summed E-state index contributed by atoms with van der Waals surface area (Å²) in [4.78, 5) is 12.1. The fourth-order valence-electron chi connectivity index (χ4n) is 2.25. The molecule has 6 heteroatoms. The van der Waals surface area contributed by atoms with Crippen LogP contribution in [0.2, 0.25) is 0 Å². The summed E-state index contributed by atoms with van der Waals surface area (Å²) in [6, 6.07) is 3.86. The zero-order valence-electron chi connectivity index (χ0n) is 15.0. The van der Waals surface area contributed by atoms with Gasteiger partial charge in [0.2, 0.25) is 0 Å². The first-order chi connectivity index (χ1) is 10.6. The van der Waals surface area contributed by atoms with Crippen molar-refractivity contribution in [1.82, 2.24) is 10.6 Å². The van der Waals surface area contributed by atoms with Crippen LogP contribution in [0.4, 0.5) is 4.79 Å². The lowest BCUT2D eigenvalue weighted by Crippen LogP contribution is -2.55. The number of carbonyl (C=O) groups excluding carboxylic acids is 1. The van der Waals surface area contributed by atoms with Crippen molar-refractivity contribution in [1.29, 1.82) is 0 Å². The predicted octanol–water partition coefficient (Wildman–Crippen LogP) is 4.78. The van der Waals surface area contributed by atoms with Crippen LogP contribution in [-0.2, 0) is 4.74 Å². The second-order valence-corrected chi connectivity index (χ2v) is 7.64. The summed E-state index contributed by atoms with van der Waals surface area (Å²) in [5.41, 5.74) is -0.848. The van der Waals surface area contributed by atoms with Gasteiger partial charge in [-0.1, -0.05) is 13.8 Å². The number of halogens is 1. The first-order valence-electron chi connectivity index (χ1n) is 8.10. The minimum absolute atomic E-state index is 0.0548. The van der Waals surface area contributed by atoms with Crippen molar-refractivity contribution in [2.45, 2.75) is 71.6 Å². The predicted molar refractivity (Wildman–Crippen MR) is 95.5 cm³/mol. The normalized spacial score (nSPS) is 13.7. The van der Waals surface area contributed by atoms with Crippen molar-refractivity contribution in [3.8, 4) is 0 Å². The zero-order valence-corrected chi connectivity index (χ0v) is 16.5. The first kappa shape index (κ1) is 20.0. The number of hydrogen-bond acceptors (Lipinski definition) is 4. The molecule has 1 aromatic rings. The topological polar surface area (TPSA) is 63.5 Å². The number of alkyl carbamates (subject to hydrolysis) is 1. The van der Waals surface area contributed by atoms with Gasteiger partial charge in [-0.05, 0) is 68.6 Å². The molecule has 0 aliphatic carbocycles. The Hall–Kier alpha value is -1.01. The van der Waals surface area contributed by atoms with Crippen molar-refractivity contribution in [3.05, 3.63) is 22.6 Å². The van der Waals surface area contributed by atoms with E-state index in [1.165, 1.54) is 0 Å². The van der Waals surface area contributed by atoms with Crippen LogP contribution in [0, 0.1) is 0 Å². The molecule has 23 heavy (non-hydrogen) atoms. The van der Waals surface area contributed by atoms with Gasteiger partial charge in [0, 0.05) is 6.54 Å². The highest BCUT2D eigenvalue weighted by molar-refractivity contribution is 9.10. The lowest BCUT2D eigenvalue weighted by Gasteiger charge is -2.35. The van der Waals surface area contributed by atoms with Gasteiger partial charge in [-0.2, -0.15) is 0 Å². The van der Waals surface area contributed by atoms with Crippen LogP contribution in [0.5, 0.6) is 0 Å². The summed E-state index contributed by atoms with van der Waals surface area (Å²) in [5, 5.41) is 6.47. The Kier molecular flexibility index (Phi) is 7.14. The second kappa shape index (κ2) is 8.20. The highest BCUT2D eigenvalue weighted by atomic mass is 79.9. The summed E-state index contributed by atoms with van der Waals surface area (Å²) in [6.45, 7) is 12.4. The van der Waals surface area contributed by atoms with Gasteiger partial charge in [0.05, 0.1) is 11.6 Å². The number of nitrogens with one attached hydrogen (secondary N) is 2. The smallest absolute Gasteiger partial charge is 0.408 e. The van der Waals surface area contributed by atoms with E-state index in [0.29, 0.717) is 11.2 Å². The molecule has 0 aliphatic heterocycles. The highest BCUT2D eigenvalue weighted by Crippen LogP contribution is 2.22. The van der Waals surface area contributed by atoms with Crippen LogP contribution in [-0.4, -0.2) is 23.8 Å². The number of furan rings is 1. The zero-order chi connectivity index (χ0) is 17.7. The molecule has 5 nitrogen and oxygen atoms in total. The number of carbonyl (C=O) groups is 1. The molecule has 0 bridgehead atoms. The average molecular weight is 389 g/mol. The third-order valence-corrected chi connectivity index (χ3v) is 4.31. The van der Waals surface area contributed by atoms with Crippen LogP contribution in [0.3, 0.4) is 0 Å². The molecule has 132 valence electrons. The Morgan fingerprint density at radius 1 is 1.30 bits per heavy atom. The summed E-state index contributed by atoms with van der Waals surface area (Å²) < 4.78 is 11.7. The van der Waals surface area contributed by atoms with E-state index in [4.69, 9.17) is 9.15 Å². The lowest BCUT2D eigenvalue weighted by atomic mass is 9.92. The molecule has 0 saturated carbocycles. The Labute approximate surface area is 147 Å². The van der Waals surface area contributed by atoms with E-state index in [1.54, 1.807) is 0 Å². The number of amides is 1. The van der Waals surface area contributed by atoms with Gasteiger partial charge in [-0.3, -0.25) is 0 Å². The summed E-state index contributed by atoms with van der Waals surface area (Å²) >= 11 is 3.31. The third-order valence-electron chi connectivity index (χ3n) is 3.89. The van der Waals surface area contributed by atoms with E-state index in [0.717, 1.165) is 18.6 Å². The summed E-state index contributed by atoms with van der Waals surface area (Å²) in [6.07, 6.45) is 1.24. The maximum atomic E-state index is 12.1. The first-order valence-corrected chi connectivity index (χ1v) is 8.90. The molecule has 0 saturated heterocycles. The molecule has 0 fully saturated rings. The molecular formula is C17H29BrN2O3. The molecule has 1 aromatic heterocycles. The van der Waals surface area contributed by atoms with Crippen LogP contribution in [0.15, 0.2) is 21.2 Å². The number of ether oxygens (including phenoxy) is 1. The fraction of sp³-hybridized carbons (Fsp3) is 0.706. The average Bonchev–Trinajstić information content (AvgIpc) is 2.88. The van der Waals surface area contributed by atoms with Crippen molar-refractivity contribution in [3.63, 3.8) is 0 Å². The molecule has 1 amide bonds. The molecule has 1 heterocycles. The molecule has 0 radical (unpaired) electrons. The fourth-order valence-corrected chi connectivity index (χ4v) is 2.57. The van der Waals surface area contributed by atoms with Gasteiger partial charge >= 0.3 is 6.09 Å². The van der Waals surface area contributed by atoms with Gasteiger partial charge in [-0.25, -0.2) is 4.79 Å². The molecule has 1 rings (SSSR count).